The highest BCUT2D eigenvalue weighted by Crippen LogP contribution is 2.25. The Kier molecular flexibility index (Phi) is 5.70. The number of hydrogen-bond acceptors (Lipinski definition) is 6. The second kappa shape index (κ2) is 6.91. The fraction of sp³-hybridized carbons (Fsp3) is 0.538. The van der Waals surface area contributed by atoms with Crippen molar-refractivity contribution in [3.8, 4) is 5.88 Å². The van der Waals surface area contributed by atoms with E-state index in [2.05, 4.69) is 25.9 Å². The van der Waals surface area contributed by atoms with Crippen molar-refractivity contribution in [2.75, 3.05) is 4.90 Å². The van der Waals surface area contributed by atoms with E-state index in [-0.39, 0.29) is 17.9 Å². The lowest BCUT2D eigenvalue weighted by Gasteiger charge is -2.23. The van der Waals surface area contributed by atoms with E-state index < -0.39 is 17.8 Å². The molecule has 0 unspecified atom stereocenters. The molecule has 1 heterocycles. The second-order valence-corrected chi connectivity index (χ2v) is 6.44. The van der Waals surface area contributed by atoms with Crippen LogP contribution in [0.4, 0.5) is 15.5 Å². The molecule has 8 nitrogen and oxygen atoms in total. The molecule has 9 heteroatoms. The van der Waals surface area contributed by atoms with E-state index in [0.29, 0.717) is 9.37 Å². The van der Waals surface area contributed by atoms with Crippen molar-refractivity contribution in [2.45, 2.75) is 46.3 Å². The molecule has 1 N–H and O–H groups in total. The molecule has 122 valence electrons. The first-order valence-electron chi connectivity index (χ1n) is 6.46. The largest absolute Gasteiger partial charge is 0.474 e. The second-order valence-electron chi connectivity index (χ2n) is 5.59. The molecule has 0 atom stereocenters. The summed E-state index contributed by atoms with van der Waals surface area (Å²) in [6.45, 7) is 8.45. The van der Waals surface area contributed by atoms with Gasteiger partial charge in [0.2, 0.25) is 11.8 Å². The lowest BCUT2D eigenvalue weighted by molar-refractivity contribution is 0.0579. The Morgan fingerprint density at radius 1 is 1.36 bits per heavy atom. The number of imide groups is 1. The van der Waals surface area contributed by atoms with E-state index in [1.807, 2.05) is 0 Å². The Balaban J connectivity index is 3.17. The third-order valence-electron chi connectivity index (χ3n) is 2.01. The maximum atomic E-state index is 12.0. The molecule has 0 saturated heterocycles. The lowest BCUT2D eigenvalue weighted by Crippen LogP contribution is -2.41. The Labute approximate surface area is 136 Å². The van der Waals surface area contributed by atoms with Crippen LogP contribution in [0, 0.1) is 0 Å². The highest BCUT2D eigenvalue weighted by atomic mass is 79.9. The molecule has 2 amide bonds. The zero-order chi connectivity index (χ0) is 17.1. The number of ether oxygens (including phenoxy) is 2. The van der Waals surface area contributed by atoms with E-state index in [1.54, 1.807) is 34.6 Å². The molecule has 0 aromatic carbocycles. The molecule has 1 aromatic heterocycles. The normalized spacial score (nSPS) is 11.2. The van der Waals surface area contributed by atoms with Gasteiger partial charge in [-0.25, -0.2) is 14.6 Å². The van der Waals surface area contributed by atoms with E-state index >= 15 is 0 Å². The van der Waals surface area contributed by atoms with Crippen LogP contribution in [0.15, 0.2) is 10.7 Å². The minimum atomic E-state index is -1.55. The predicted molar refractivity (Wildman–Crippen MR) is 82.2 cm³/mol. The number of halogens is 1. The van der Waals surface area contributed by atoms with Crippen molar-refractivity contribution >= 4 is 34.1 Å². The fourth-order valence-electron chi connectivity index (χ4n) is 1.31. The van der Waals surface area contributed by atoms with Crippen LogP contribution in [-0.2, 0) is 4.74 Å². The fourth-order valence-corrected chi connectivity index (χ4v) is 1.59. The van der Waals surface area contributed by atoms with E-state index in [4.69, 9.17) is 9.47 Å². The zero-order valence-electron chi connectivity index (χ0n) is 13.0. The van der Waals surface area contributed by atoms with Crippen LogP contribution in [-0.4, -0.2) is 39.0 Å². The maximum Gasteiger partial charge on any atom is 0.427 e. The Hall–Kier alpha value is -1.90. The first-order valence-corrected chi connectivity index (χ1v) is 7.26. The van der Waals surface area contributed by atoms with Gasteiger partial charge in [0.1, 0.15) is 5.60 Å². The monoisotopic (exact) mass is 375 g/mol. The van der Waals surface area contributed by atoms with E-state index in [9.17, 15) is 14.7 Å². The first kappa shape index (κ1) is 18.1. The van der Waals surface area contributed by atoms with Gasteiger partial charge in [-0.1, -0.05) is 0 Å². The third-order valence-corrected chi connectivity index (χ3v) is 2.56. The molecule has 0 radical (unpaired) electrons. The van der Waals surface area contributed by atoms with Gasteiger partial charge in [-0.3, -0.25) is 0 Å². The molecule has 0 aliphatic carbocycles. The molecule has 22 heavy (non-hydrogen) atoms. The molecule has 0 saturated carbocycles. The Bertz CT molecular complexity index is 571. The lowest BCUT2D eigenvalue weighted by atomic mass is 10.2. The average Bonchev–Trinajstić information content (AvgIpc) is 2.29. The number of rotatable bonds is 3. The van der Waals surface area contributed by atoms with E-state index in [0.717, 1.165) is 0 Å². The molecule has 0 fully saturated rings. The average molecular weight is 376 g/mol. The summed E-state index contributed by atoms with van der Waals surface area (Å²) in [5.41, 5.74) is -0.850. The number of carboxylic acid groups (broad SMARTS) is 1. The van der Waals surface area contributed by atoms with Gasteiger partial charge in [-0.05, 0) is 50.5 Å². The highest BCUT2D eigenvalue weighted by Gasteiger charge is 2.31. The molecular weight excluding hydrogens is 358 g/mol. The summed E-state index contributed by atoms with van der Waals surface area (Å²) in [7, 11) is 0. The van der Waals surface area contributed by atoms with Crippen molar-refractivity contribution in [3.05, 3.63) is 10.7 Å². The number of anilines is 1. The SMILES string of the molecule is CC(C)Oc1nc(N(C(=O)O)C(=O)OC(C)(C)C)ncc1Br. The van der Waals surface area contributed by atoms with Gasteiger partial charge in [-0.15, -0.1) is 4.90 Å². The van der Waals surface area contributed by atoms with E-state index in [1.165, 1.54) is 6.20 Å². The smallest absolute Gasteiger partial charge is 0.427 e. The molecule has 1 aromatic rings. The van der Waals surface area contributed by atoms with Crippen LogP contribution >= 0.6 is 15.9 Å². The summed E-state index contributed by atoms with van der Waals surface area (Å²) in [6.07, 6.45) is -1.51. The number of hydrogen-bond donors (Lipinski definition) is 1. The molecule has 0 aliphatic heterocycles. The number of carbonyl (C=O) groups excluding carboxylic acids is 1. The van der Waals surface area contributed by atoms with Gasteiger partial charge in [0.05, 0.1) is 16.8 Å². The molecule has 0 bridgehead atoms. The van der Waals surface area contributed by atoms with Crippen LogP contribution in [0.2, 0.25) is 0 Å². The zero-order valence-corrected chi connectivity index (χ0v) is 14.5. The van der Waals surface area contributed by atoms with Crippen molar-refractivity contribution in [1.29, 1.82) is 0 Å². The molecule has 0 aliphatic rings. The minimum Gasteiger partial charge on any atom is -0.474 e. The van der Waals surface area contributed by atoms with Crippen LogP contribution in [0.25, 0.3) is 0 Å². The molecular formula is C13H18BrN3O5. The predicted octanol–water partition coefficient (Wildman–Crippen LogP) is 3.45. The van der Waals surface area contributed by atoms with Crippen LogP contribution in [0.5, 0.6) is 5.88 Å². The van der Waals surface area contributed by atoms with Crippen LogP contribution in [0.3, 0.4) is 0 Å². The Morgan fingerprint density at radius 3 is 2.41 bits per heavy atom. The topological polar surface area (TPSA) is 102 Å². The van der Waals surface area contributed by atoms with Gasteiger partial charge in [0, 0.05) is 0 Å². The quantitative estimate of drug-likeness (QED) is 0.862. The van der Waals surface area contributed by atoms with Gasteiger partial charge in [0.25, 0.3) is 0 Å². The number of amides is 2. The van der Waals surface area contributed by atoms with Gasteiger partial charge in [0.15, 0.2) is 0 Å². The maximum absolute atomic E-state index is 12.0. The summed E-state index contributed by atoms with van der Waals surface area (Å²) in [4.78, 5) is 31.4. The third kappa shape index (κ3) is 5.14. The summed E-state index contributed by atoms with van der Waals surface area (Å²) in [5.74, 6) is -0.213. The Morgan fingerprint density at radius 2 is 1.95 bits per heavy atom. The summed E-state index contributed by atoms with van der Waals surface area (Å²) >= 11 is 3.20. The summed E-state index contributed by atoms with van der Waals surface area (Å²) in [5, 5.41) is 9.23. The standard InChI is InChI=1S/C13H18BrN3O5/c1-7(2)21-9-8(14)6-15-10(16-9)17(11(18)19)12(20)22-13(3,4)5/h6-7H,1-5H3,(H,18,19). The number of aromatic nitrogens is 2. The van der Waals surface area contributed by atoms with Crippen molar-refractivity contribution in [3.63, 3.8) is 0 Å². The van der Waals surface area contributed by atoms with Crippen molar-refractivity contribution < 1.29 is 24.2 Å². The molecule has 1 rings (SSSR count). The highest BCUT2D eigenvalue weighted by molar-refractivity contribution is 9.10. The first-order chi connectivity index (χ1) is 10.0. The van der Waals surface area contributed by atoms with Gasteiger partial charge in [-0.2, -0.15) is 4.98 Å². The summed E-state index contributed by atoms with van der Waals surface area (Å²) < 4.78 is 10.9. The molecule has 0 spiro atoms. The van der Waals surface area contributed by atoms with Crippen molar-refractivity contribution in [2.24, 2.45) is 0 Å². The van der Waals surface area contributed by atoms with Crippen molar-refractivity contribution in [1.82, 2.24) is 9.97 Å². The minimum absolute atomic E-state index is 0.134. The summed E-state index contributed by atoms with van der Waals surface area (Å²) in [6, 6.07) is 0. The van der Waals surface area contributed by atoms with Crippen LogP contribution < -0.4 is 9.64 Å². The number of carbonyl (C=O) groups is 2. The van der Waals surface area contributed by atoms with Gasteiger partial charge >= 0.3 is 12.2 Å². The van der Waals surface area contributed by atoms with Gasteiger partial charge < -0.3 is 14.6 Å². The van der Waals surface area contributed by atoms with Crippen LogP contribution in [0.1, 0.15) is 34.6 Å². The number of nitrogens with zero attached hydrogens (tertiary/aromatic N) is 3.